The number of benzene rings is 2. The standard InChI is InChI=1S/C31H32F4N6O3/c1-30(2,3)44-29(43)40(4)22-6-5-13-41(18-22)26-12-10-21(31(33,34)35)15-25(26)39-27(42)23-14-19(9-11-24(23)32)7-8-20-16-37-28(36)38-17-20/h9-12,14-17,22H,5-6,13,18H2,1-4H3,(H,39,42)(H2,36,37,38)/t22-/m0/s1. The number of anilines is 3. The molecule has 44 heavy (non-hydrogen) atoms. The number of hydrogen-bond donors (Lipinski definition) is 2. The number of hydrogen-bond acceptors (Lipinski definition) is 7. The van der Waals surface area contributed by atoms with Crippen LogP contribution in [0.15, 0.2) is 48.8 Å². The minimum atomic E-state index is -4.69. The molecule has 0 aliphatic carbocycles. The molecular formula is C31H32F4N6O3. The highest BCUT2D eigenvalue weighted by atomic mass is 19.4. The Labute approximate surface area is 252 Å². The smallest absolute Gasteiger partial charge is 0.416 e. The van der Waals surface area contributed by atoms with Crippen LogP contribution >= 0.6 is 0 Å². The van der Waals surface area contributed by atoms with Crippen LogP contribution in [0.25, 0.3) is 0 Å². The van der Waals surface area contributed by atoms with Crippen molar-refractivity contribution in [2.75, 3.05) is 36.1 Å². The number of piperidine rings is 1. The molecule has 3 aromatic rings. The summed E-state index contributed by atoms with van der Waals surface area (Å²) in [6.07, 6.45) is -1.13. The van der Waals surface area contributed by atoms with Crippen molar-refractivity contribution in [3.05, 3.63) is 76.9 Å². The van der Waals surface area contributed by atoms with Gasteiger partial charge in [-0.1, -0.05) is 11.8 Å². The van der Waals surface area contributed by atoms with E-state index < -0.39 is 40.7 Å². The van der Waals surface area contributed by atoms with E-state index in [-0.39, 0.29) is 29.8 Å². The molecule has 0 unspecified atom stereocenters. The number of carbonyl (C=O) groups is 2. The minimum Gasteiger partial charge on any atom is -0.444 e. The Morgan fingerprint density at radius 2 is 1.75 bits per heavy atom. The normalized spacial score (nSPS) is 15.2. The van der Waals surface area contributed by atoms with Crippen LogP contribution in [-0.2, 0) is 10.9 Å². The van der Waals surface area contributed by atoms with E-state index in [4.69, 9.17) is 10.5 Å². The number of nitrogen functional groups attached to an aromatic ring is 1. The third kappa shape index (κ3) is 8.15. The third-order valence-electron chi connectivity index (χ3n) is 6.77. The molecule has 1 fully saturated rings. The van der Waals surface area contributed by atoms with E-state index in [2.05, 4.69) is 27.1 Å². The lowest BCUT2D eigenvalue weighted by molar-refractivity contribution is -0.137. The molecule has 232 valence electrons. The molecule has 1 aromatic heterocycles. The number of carbonyl (C=O) groups excluding carboxylic acids is 2. The summed E-state index contributed by atoms with van der Waals surface area (Å²) >= 11 is 0. The fraction of sp³-hybridized carbons (Fsp3) is 0.355. The van der Waals surface area contributed by atoms with Gasteiger partial charge < -0.3 is 25.6 Å². The molecule has 1 atom stereocenters. The van der Waals surface area contributed by atoms with Gasteiger partial charge in [-0.05, 0) is 70.0 Å². The second-order valence-electron chi connectivity index (χ2n) is 11.3. The lowest BCUT2D eigenvalue weighted by atomic mass is 10.0. The molecule has 2 heterocycles. The Morgan fingerprint density at radius 1 is 1.07 bits per heavy atom. The van der Waals surface area contributed by atoms with Crippen LogP contribution in [0.5, 0.6) is 0 Å². The van der Waals surface area contributed by atoms with Crippen molar-refractivity contribution in [2.24, 2.45) is 0 Å². The van der Waals surface area contributed by atoms with Crippen LogP contribution in [0.1, 0.15) is 60.7 Å². The molecule has 13 heteroatoms. The van der Waals surface area contributed by atoms with Gasteiger partial charge in [0.05, 0.1) is 34.1 Å². The van der Waals surface area contributed by atoms with Crippen molar-refractivity contribution < 1.29 is 31.9 Å². The minimum absolute atomic E-state index is 0.0698. The summed E-state index contributed by atoms with van der Waals surface area (Å²) in [4.78, 5) is 36.9. The van der Waals surface area contributed by atoms with Crippen molar-refractivity contribution in [1.29, 1.82) is 0 Å². The first-order chi connectivity index (χ1) is 20.6. The van der Waals surface area contributed by atoms with E-state index in [0.717, 1.165) is 18.2 Å². The zero-order chi connectivity index (χ0) is 32.2. The van der Waals surface area contributed by atoms with Crippen LogP contribution in [0, 0.1) is 17.7 Å². The van der Waals surface area contributed by atoms with Crippen molar-refractivity contribution in [3.8, 4) is 11.8 Å². The molecule has 9 nitrogen and oxygen atoms in total. The highest BCUT2D eigenvalue weighted by Crippen LogP contribution is 2.37. The van der Waals surface area contributed by atoms with Gasteiger partial charge in [0.15, 0.2) is 0 Å². The molecule has 4 rings (SSSR count). The molecule has 0 saturated carbocycles. The Balaban J connectivity index is 1.61. The summed E-state index contributed by atoms with van der Waals surface area (Å²) in [5.74, 6) is 3.79. The topological polar surface area (TPSA) is 114 Å². The van der Waals surface area contributed by atoms with Gasteiger partial charge in [0.2, 0.25) is 5.95 Å². The monoisotopic (exact) mass is 612 g/mol. The fourth-order valence-corrected chi connectivity index (χ4v) is 4.57. The van der Waals surface area contributed by atoms with E-state index >= 15 is 0 Å². The van der Waals surface area contributed by atoms with E-state index in [9.17, 15) is 27.2 Å². The van der Waals surface area contributed by atoms with Crippen LogP contribution in [0.3, 0.4) is 0 Å². The van der Waals surface area contributed by atoms with E-state index in [1.54, 1.807) is 32.7 Å². The predicted molar refractivity (Wildman–Crippen MR) is 157 cm³/mol. The zero-order valence-corrected chi connectivity index (χ0v) is 24.6. The summed E-state index contributed by atoms with van der Waals surface area (Å²) in [6.45, 7) is 5.99. The molecule has 2 aromatic carbocycles. The fourth-order valence-electron chi connectivity index (χ4n) is 4.57. The number of alkyl halides is 3. The molecular weight excluding hydrogens is 580 g/mol. The highest BCUT2D eigenvalue weighted by Gasteiger charge is 2.34. The average molecular weight is 613 g/mol. The van der Waals surface area contributed by atoms with Crippen LogP contribution < -0.4 is 16.0 Å². The van der Waals surface area contributed by atoms with Gasteiger partial charge in [-0.2, -0.15) is 13.2 Å². The highest BCUT2D eigenvalue weighted by molar-refractivity contribution is 6.06. The van der Waals surface area contributed by atoms with Gasteiger partial charge in [0.1, 0.15) is 11.4 Å². The molecule has 1 aliphatic heterocycles. The number of amides is 2. The number of nitrogens with zero attached hydrogens (tertiary/aromatic N) is 4. The van der Waals surface area contributed by atoms with Gasteiger partial charge in [0, 0.05) is 38.1 Å². The van der Waals surface area contributed by atoms with Gasteiger partial charge in [0.25, 0.3) is 5.91 Å². The number of rotatable bonds is 4. The molecule has 1 saturated heterocycles. The molecule has 3 N–H and O–H groups in total. The molecule has 2 amide bonds. The lowest BCUT2D eigenvalue weighted by Gasteiger charge is -2.39. The second kappa shape index (κ2) is 12.8. The maximum Gasteiger partial charge on any atom is 0.416 e. The summed E-state index contributed by atoms with van der Waals surface area (Å²) in [6, 6.07) is 6.32. The van der Waals surface area contributed by atoms with Crippen molar-refractivity contribution in [3.63, 3.8) is 0 Å². The Morgan fingerprint density at radius 3 is 2.41 bits per heavy atom. The Kier molecular flexibility index (Phi) is 9.32. The number of nitrogens with two attached hydrogens (primary N) is 1. The van der Waals surface area contributed by atoms with Gasteiger partial charge >= 0.3 is 12.3 Å². The van der Waals surface area contributed by atoms with Crippen LogP contribution in [-0.4, -0.2) is 58.6 Å². The average Bonchev–Trinajstić information content (AvgIpc) is 2.95. The largest absolute Gasteiger partial charge is 0.444 e. The number of halogens is 4. The second-order valence-corrected chi connectivity index (χ2v) is 11.3. The van der Waals surface area contributed by atoms with Crippen molar-refractivity contribution in [1.82, 2.24) is 14.9 Å². The zero-order valence-electron chi connectivity index (χ0n) is 24.6. The quantitative estimate of drug-likeness (QED) is 0.287. The maximum absolute atomic E-state index is 14.8. The summed E-state index contributed by atoms with van der Waals surface area (Å²) < 4.78 is 61.3. The van der Waals surface area contributed by atoms with Crippen LogP contribution in [0.2, 0.25) is 0 Å². The van der Waals surface area contributed by atoms with Crippen molar-refractivity contribution >= 4 is 29.3 Å². The first kappa shape index (κ1) is 32.1. The first-order valence-electron chi connectivity index (χ1n) is 13.7. The number of nitrogens with one attached hydrogen (secondary N) is 1. The Hall–Kier alpha value is -4.86. The van der Waals surface area contributed by atoms with E-state index in [1.165, 1.54) is 35.5 Å². The predicted octanol–water partition coefficient (Wildman–Crippen LogP) is 5.70. The SMILES string of the molecule is CN(C(=O)OC(C)(C)C)[C@H]1CCCN(c2ccc(C(F)(F)F)cc2NC(=O)c2cc(C#Cc3cnc(N)nc3)ccc2F)C1. The lowest BCUT2D eigenvalue weighted by Crippen LogP contribution is -2.50. The number of ether oxygens (including phenoxy) is 1. The summed E-state index contributed by atoms with van der Waals surface area (Å²) in [5.41, 5.74) is 4.23. The van der Waals surface area contributed by atoms with Crippen molar-refractivity contribution in [2.45, 2.75) is 51.4 Å². The molecule has 1 aliphatic rings. The third-order valence-corrected chi connectivity index (χ3v) is 6.77. The molecule has 0 bridgehead atoms. The summed E-state index contributed by atoms with van der Waals surface area (Å²) in [5, 5.41) is 2.47. The molecule has 0 spiro atoms. The van der Waals surface area contributed by atoms with E-state index in [0.29, 0.717) is 30.6 Å². The van der Waals surface area contributed by atoms with Gasteiger partial charge in [-0.25, -0.2) is 19.2 Å². The maximum atomic E-state index is 14.8. The number of aromatic nitrogens is 2. The van der Waals surface area contributed by atoms with E-state index in [1.807, 2.05) is 0 Å². The van der Waals surface area contributed by atoms with Gasteiger partial charge in [-0.3, -0.25) is 4.79 Å². The van der Waals surface area contributed by atoms with Crippen LogP contribution in [0.4, 0.5) is 39.7 Å². The number of likely N-dealkylation sites (N-methyl/N-ethyl adjacent to an activating group) is 1. The first-order valence-corrected chi connectivity index (χ1v) is 13.7. The Bertz CT molecular complexity index is 1590. The summed E-state index contributed by atoms with van der Waals surface area (Å²) in [7, 11) is 1.61. The molecule has 0 radical (unpaired) electrons. The van der Waals surface area contributed by atoms with Gasteiger partial charge in [-0.15, -0.1) is 0 Å².